The van der Waals surface area contributed by atoms with Crippen molar-refractivity contribution in [3.05, 3.63) is 106 Å². The number of fused-ring (bicyclic) bond motifs is 5. The Morgan fingerprint density at radius 2 is 1.87 bits per heavy atom. The van der Waals surface area contributed by atoms with Gasteiger partial charge in [-0.15, -0.1) is 21.5 Å². The molecule has 1 amide bonds. The number of thiophene rings is 1. The third-order valence-corrected chi connectivity index (χ3v) is 11.4. The second-order valence-corrected chi connectivity index (χ2v) is 14.3. The summed E-state index contributed by atoms with van der Waals surface area (Å²) in [5.41, 5.74) is 3.96. The van der Waals surface area contributed by atoms with Gasteiger partial charge in [-0.2, -0.15) is 0 Å². The smallest absolute Gasteiger partial charge is 0.257 e. The summed E-state index contributed by atoms with van der Waals surface area (Å²) in [5, 5.41) is 12.3. The van der Waals surface area contributed by atoms with Crippen LogP contribution in [0.5, 0.6) is 5.75 Å². The fraction of sp³-hybridized carbons (Fsp3) is 0.289. The van der Waals surface area contributed by atoms with Gasteiger partial charge in [-0.3, -0.25) is 9.78 Å². The Morgan fingerprint density at radius 1 is 1.04 bits per heavy atom. The first kappa shape index (κ1) is 32.5. The van der Waals surface area contributed by atoms with Crippen LogP contribution < -0.4 is 10.1 Å². The van der Waals surface area contributed by atoms with E-state index in [1.54, 1.807) is 31.3 Å². The summed E-state index contributed by atoms with van der Waals surface area (Å²) < 4.78 is 71.0. The molecule has 0 bridgehead atoms. The Morgan fingerprint density at radius 3 is 2.63 bits per heavy atom. The van der Waals surface area contributed by atoms with Crippen LogP contribution in [0.25, 0.3) is 32.0 Å². The first-order valence-corrected chi connectivity index (χ1v) is 17.8. The van der Waals surface area contributed by atoms with E-state index < -0.39 is 24.2 Å². The Kier molecular flexibility index (Phi) is 7.75. The van der Waals surface area contributed by atoms with Gasteiger partial charge in [0.1, 0.15) is 11.6 Å². The minimum atomic E-state index is -2.11. The zero-order chi connectivity index (χ0) is 35.8. The molecule has 0 saturated carbocycles. The molecule has 2 aromatic carbocycles. The monoisotopic (exact) mass is 726 g/mol. The molecule has 1 aliphatic carbocycles. The van der Waals surface area contributed by atoms with Crippen molar-refractivity contribution in [1.29, 1.82) is 0 Å². The number of anilines is 1. The van der Waals surface area contributed by atoms with Crippen LogP contribution in [-0.4, -0.2) is 50.8 Å². The summed E-state index contributed by atoms with van der Waals surface area (Å²) in [6.45, 7) is 2.30. The van der Waals surface area contributed by atoms with Crippen molar-refractivity contribution in [2.75, 3.05) is 19.0 Å². The number of amides is 1. The summed E-state index contributed by atoms with van der Waals surface area (Å²) in [4.78, 5) is 26.4. The molecule has 14 heteroatoms. The molecule has 4 atom stereocenters. The zero-order valence-electron chi connectivity index (χ0n) is 27.9. The molecule has 1 saturated heterocycles. The third-order valence-electron chi connectivity index (χ3n) is 10.2. The van der Waals surface area contributed by atoms with E-state index in [4.69, 9.17) is 14.1 Å². The van der Waals surface area contributed by atoms with E-state index in [9.17, 15) is 13.6 Å². The molecule has 6 heterocycles. The lowest BCUT2D eigenvalue weighted by Crippen LogP contribution is -2.22. The molecule has 0 spiro atoms. The molecule has 3 aliphatic rings. The molecule has 2 aliphatic heterocycles. The lowest BCUT2D eigenvalue weighted by molar-refractivity contribution is 0.0776. The largest absolute Gasteiger partial charge is 0.493 e. The Hall–Kier alpha value is -5.37. The maximum absolute atomic E-state index is 15.7. The van der Waals surface area contributed by atoms with Crippen LogP contribution in [0, 0.1) is 18.6 Å². The number of alkyl halides is 2. The molecule has 1 fully saturated rings. The fourth-order valence-electron chi connectivity index (χ4n) is 7.87. The number of ether oxygens (including phenoxy) is 1. The number of carbonyl (C=O) groups is 1. The van der Waals surface area contributed by atoms with E-state index in [1.807, 2.05) is 11.0 Å². The number of nitrogens with zero attached hydrogens (tertiary/aromatic N) is 5. The van der Waals surface area contributed by atoms with E-state index in [1.165, 1.54) is 36.6 Å². The second-order valence-electron chi connectivity index (χ2n) is 13.2. The topological polar surface area (TPSA) is 106 Å². The normalized spacial score (nSPS) is 20.4. The predicted octanol–water partition coefficient (Wildman–Crippen LogP) is 8.59. The molecule has 52 heavy (non-hydrogen) atoms. The highest BCUT2D eigenvalue weighted by atomic mass is 32.1. The molecule has 9 nitrogen and oxygen atoms in total. The van der Waals surface area contributed by atoms with Gasteiger partial charge in [-0.1, -0.05) is 18.2 Å². The average molecular weight is 727 g/mol. The number of hydrogen-bond acceptors (Lipinski definition) is 9. The fourth-order valence-corrected chi connectivity index (χ4v) is 9.03. The predicted molar refractivity (Wildman–Crippen MR) is 186 cm³/mol. The van der Waals surface area contributed by atoms with Crippen LogP contribution >= 0.6 is 11.3 Å². The highest BCUT2D eigenvalue weighted by molar-refractivity contribution is 7.23. The van der Waals surface area contributed by atoms with Gasteiger partial charge in [0.05, 0.1) is 46.4 Å². The standard InChI is InChI=1S/C38H30F4N6O3S/c1-17-46-47-37(51-17)27-23(12-7-18-5-8-20(39)9-6-18)44-33-24-4-3-15-48(24)38(49)29(33)28(27)25-16-19-13-14-43-36(35(19)52-25)45-32-21-10-11-22(40)34(50-2)26(21)30(41)31(32)42/h5-6,8-11,13-14,16,24,30-32H,3-4,7,12,15H2,1-2H3,(H,43,45)/t24-,30+,31+,32+/m1/s1. The Bertz CT molecular complexity index is 2400. The zero-order valence-corrected chi connectivity index (χ0v) is 28.7. The Labute approximate surface area is 298 Å². The molecule has 4 aromatic heterocycles. The number of rotatable bonds is 8. The van der Waals surface area contributed by atoms with Crippen molar-refractivity contribution in [3.8, 4) is 27.6 Å². The van der Waals surface area contributed by atoms with Gasteiger partial charge >= 0.3 is 0 Å². The van der Waals surface area contributed by atoms with E-state index in [2.05, 4.69) is 20.5 Å². The van der Waals surface area contributed by atoms with Crippen LogP contribution in [0.4, 0.5) is 23.4 Å². The van der Waals surface area contributed by atoms with Gasteiger partial charge in [0.2, 0.25) is 11.8 Å². The molecular formula is C38H30F4N6O3S. The van der Waals surface area contributed by atoms with Crippen LogP contribution in [-0.2, 0) is 12.8 Å². The third kappa shape index (κ3) is 5.06. The van der Waals surface area contributed by atoms with Gasteiger partial charge in [-0.05, 0) is 72.5 Å². The van der Waals surface area contributed by atoms with Crippen molar-refractivity contribution in [2.24, 2.45) is 0 Å². The molecule has 0 radical (unpaired) electrons. The summed E-state index contributed by atoms with van der Waals surface area (Å²) in [6, 6.07) is 11.2. The summed E-state index contributed by atoms with van der Waals surface area (Å²) in [7, 11) is 1.22. The molecular weight excluding hydrogens is 697 g/mol. The van der Waals surface area contributed by atoms with Gasteiger partial charge in [-0.25, -0.2) is 22.5 Å². The molecule has 6 aromatic rings. The maximum Gasteiger partial charge on any atom is 0.257 e. The van der Waals surface area contributed by atoms with Gasteiger partial charge in [0, 0.05) is 35.7 Å². The Balaban J connectivity index is 1.20. The number of hydrogen-bond donors (Lipinski definition) is 1. The van der Waals surface area contributed by atoms with E-state index in [0.717, 1.165) is 29.9 Å². The number of carbonyl (C=O) groups excluding carboxylic acids is 1. The second kappa shape index (κ2) is 12.4. The van der Waals surface area contributed by atoms with Gasteiger partial charge < -0.3 is 19.4 Å². The molecule has 264 valence electrons. The van der Waals surface area contributed by atoms with Gasteiger partial charge in [0.25, 0.3) is 5.91 Å². The quantitative estimate of drug-likeness (QED) is 0.156. The lowest BCUT2D eigenvalue weighted by Gasteiger charge is -2.18. The van der Waals surface area contributed by atoms with Crippen molar-refractivity contribution in [3.63, 3.8) is 0 Å². The van der Waals surface area contributed by atoms with Crippen molar-refractivity contribution >= 4 is 33.1 Å². The molecule has 0 unspecified atom stereocenters. The van der Waals surface area contributed by atoms with Crippen LogP contribution in [0.2, 0.25) is 0 Å². The summed E-state index contributed by atoms with van der Waals surface area (Å²) in [5.74, 6) is -0.701. The summed E-state index contributed by atoms with van der Waals surface area (Å²) >= 11 is 1.33. The van der Waals surface area contributed by atoms with E-state index in [0.29, 0.717) is 68.8 Å². The number of aryl methyl sites for hydroxylation is 3. The maximum atomic E-state index is 15.7. The first-order chi connectivity index (χ1) is 25.2. The summed E-state index contributed by atoms with van der Waals surface area (Å²) in [6.07, 6.45) is 0.0502. The van der Waals surface area contributed by atoms with E-state index in [-0.39, 0.29) is 40.5 Å². The number of halogens is 4. The number of pyridine rings is 2. The lowest BCUT2D eigenvalue weighted by atomic mass is 9.93. The highest BCUT2D eigenvalue weighted by Crippen LogP contribution is 2.52. The van der Waals surface area contributed by atoms with Crippen LogP contribution in [0.1, 0.15) is 75.4 Å². The minimum Gasteiger partial charge on any atom is -0.493 e. The van der Waals surface area contributed by atoms with Crippen LogP contribution in [0.3, 0.4) is 0 Å². The van der Waals surface area contributed by atoms with E-state index >= 15 is 8.78 Å². The van der Waals surface area contributed by atoms with Gasteiger partial charge in [0.15, 0.2) is 23.9 Å². The number of aromatic nitrogens is 4. The van der Waals surface area contributed by atoms with Crippen molar-refractivity contribution in [2.45, 2.75) is 57.0 Å². The van der Waals surface area contributed by atoms with Crippen molar-refractivity contribution in [1.82, 2.24) is 25.1 Å². The van der Waals surface area contributed by atoms with Crippen molar-refractivity contribution < 1.29 is 31.5 Å². The highest BCUT2D eigenvalue weighted by Gasteiger charge is 2.46. The SMILES string of the molecule is COc1c(F)ccc2c1[C@H](F)[C@H](F)[C@H]2Nc1nccc2cc(-c3c4c(nc(CCc5ccc(F)cc5)c3-c3nnc(C)o3)[C@H]3CCCN3C4=O)sc12. The minimum absolute atomic E-state index is 0.130. The molecule has 1 N–H and O–H groups in total. The number of nitrogens with one attached hydrogen (secondary N) is 1. The average Bonchev–Trinajstić information content (AvgIpc) is 3.97. The van der Waals surface area contributed by atoms with Crippen LogP contribution in [0.15, 0.2) is 59.1 Å². The number of benzene rings is 2. The molecule has 9 rings (SSSR count). The first-order valence-electron chi connectivity index (χ1n) is 16.9. The number of methoxy groups -OCH3 is 1.